The largest absolute Gasteiger partial charge is 0.361 e. The molecule has 1 aliphatic rings. The van der Waals surface area contributed by atoms with Gasteiger partial charge in [-0.15, -0.1) is 0 Å². The summed E-state index contributed by atoms with van der Waals surface area (Å²) in [6.45, 7) is 2.42. The van der Waals surface area contributed by atoms with Gasteiger partial charge >= 0.3 is 0 Å². The van der Waals surface area contributed by atoms with Crippen LogP contribution in [0, 0.1) is 5.92 Å². The summed E-state index contributed by atoms with van der Waals surface area (Å²) < 4.78 is 0. The van der Waals surface area contributed by atoms with Gasteiger partial charge in [-0.05, 0) is 56.3 Å². The third-order valence-corrected chi connectivity index (χ3v) is 3.90. The maximum Gasteiger partial charge on any atom is 0.0456 e. The molecule has 0 radical (unpaired) electrons. The third kappa shape index (κ3) is 2.37. The molecule has 0 bridgehead atoms. The summed E-state index contributed by atoms with van der Waals surface area (Å²) in [6, 6.07) is 8.59. The molecule has 0 unspecified atom stereocenters. The number of H-pyrrole nitrogens is 1. The summed E-state index contributed by atoms with van der Waals surface area (Å²) in [4.78, 5) is 3.36. The van der Waals surface area contributed by atoms with E-state index in [0.717, 1.165) is 5.92 Å². The molecule has 1 aliphatic heterocycles. The van der Waals surface area contributed by atoms with E-state index < -0.39 is 0 Å². The van der Waals surface area contributed by atoms with Crippen LogP contribution in [0.25, 0.3) is 10.9 Å². The third-order valence-electron chi connectivity index (χ3n) is 3.90. The van der Waals surface area contributed by atoms with Crippen molar-refractivity contribution in [1.29, 1.82) is 0 Å². The van der Waals surface area contributed by atoms with Crippen molar-refractivity contribution < 1.29 is 0 Å². The molecule has 0 saturated carbocycles. The average molecular weight is 228 g/mol. The predicted octanol–water partition coefficient (Wildman–Crippen LogP) is 3.10. The zero-order valence-electron chi connectivity index (χ0n) is 10.2. The van der Waals surface area contributed by atoms with Gasteiger partial charge in [0.05, 0.1) is 0 Å². The Morgan fingerprint density at radius 1 is 1.24 bits per heavy atom. The molecular weight excluding hydrogens is 208 g/mol. The molecule has 0 aliphatic carbocycles. The monoisotopic (exact) mass is 228 g/mol. The van der Waals surface area contributed by atoms with Crippen LogP contribution in [0.3, 0.4) is 0 Å². The van der Waals surface area contributed by atoms with Gasteiger partial charge in [-0.1, -0.05) is 18.2 Å². The zero-order valence-corrected chi connectivity index (χ0v) is 10.2. The normalized spacial score (nSPS) is 20.8. The second-order valence-corrected chi connectivity index (χ2v) is 5.11. The number of hydrogen-bond acceptors (Lipinski definition) is 1. The van der Waals surface area contributed by atoms with Crippen molar-refractivity contribution in [3.05, 3.63) is 36.0 Å². The zero-order chi connectivity index (χ0) is 11.5. The van der Waals surface area contributed by atoms with E-state index >= 15 is 0 Å². The minimum Gasteiger partial charge on any atom is -0.361 e. The van der Waals surface area contributed by atoms with Crippen molar-refractivity contribution in [3.63, 3.8) is 0 Å². The van der Waals surface area contributed by atoms with Crippen molar-refractivity contribution in [2.24, 2.45) is 5.92 Å². The first-order chi connectivity index (χ1) is 8.43. The quantitative estimate of drug-likeness (QED) is 0.830. The first kappa shape index (κ1) is 10.8. The minimum absolute atomic E-state index is 0.873. The van der Waals surface area contributed by atoms with Gasteiger partial charge < -0.3 is 10.3 Å². The van der Waals surface area contributed by atoms with Crippen molar-refractivity contribution >= 4 is 10.9 Å². The lowest BCUT2D eigenvalue weighted by atomic mass is 9.93. The number of para-hydroxylation sites is 1. The second kappa shape index (κ2) is 4.92. The Kier molecular flexibility index (Phi) is 3.14. The van der Waals surface area contributed by atoms with Crippen LogP contribution in [0.15, 0.2) is 30.5 Å². The smallest absolute Gasteiger partial charge is 0.0456 e. The van der Waals surface area contributed by atoms with Gasteiger partial charge in [-0.3, -0.25) is 0 Å². The molecular formula is C15H20N2. The molecule has 1 aromatic carbocycles. The van der Waals surface area contributed by atoms with E-state index in [2.05, 4.69) is 40.8 Å². The van der Waals surface area contributed by atoms with Gasteiger partial charge in [0, 0.05) is 17.1 Å². The number of aryl methyl sites for hydroxylation is 1. The van der Waals surface area contributed by atoms with Gasteiger partial charge in [0.2, 0.25) is 0 Å². The highest BCUT2D eigenvalue weighted by Gasteiger charge is 2.13. The fourth-order valence-electron chi connectivity index (χ4n) is 2.87. The molecule has 1 saturated heterocycles. The Balaban J connectivity index is 1.68. The van der Waals surface area contributed by atoms with E-state index in [1.54, 1.807) is 0 Å². The minimum atomic E-state index is 0.873. The molecule has 2 N–H and O–H groups in total. The van der Waals surface area contributed by atoms with Crippen molar-refractivity contribution in [2.75, 3.05) is 13.1 Å². The maximum atomic E-state index is 3.49. The van der Waals surface area contributed by atoms with Gasteiger partial charge in [-0.25, -0.2) is 0 Å². The van der Waals surface area contributed by atoms with Crippen LogP contribution >= 0.6 is 0 Å². The van der Waals surface area contributed by atoms with E-state index in [9.17, 15) is 0 Å². The number of aromatic nitrogens is 1. The van der Waals surface area contributed by atoms with Gasteiger partial charge in [-0.2, -0.15) is 0 Å². The summed E-state index contributed by atoms with van der Waals surface area (Å²) in [5.41, 5.74) is 2.75. The molecule has 0 amide bonds. The van der Waals surface area contributed by atoms with Crippen molar-refractivity contribution in [1.82, 2.24) is 10.3 Å². The molecule has 90 valence electrons. The molecule has 2 aromatic rings. The van der Waals surface area contributed by atoms with Gasteiger partial charge in [0.15, 0.2) is 0 Å². The van der Waals surface area contributed by atoms with Crippen LogP contribution in [-0.2, 0) is 6.42 Å². The Morgan fingerprint density at radius 3 is 3.06 bits per heavy atom. The molecule has 1 fully saturated rings. The van der Waals surface area contributed by atoms with Crippen molar-refractivity contribution in [3.8, 4) is 0 Å². The topological polar surface area (TPSA) is 27.8 Å². The van der Waals surface area contributed by atoms with E-state index in [1.807, 2.05) is 0 Å². The SMILES string of the molecule is c1ccc2c(CC[C@H]3CCCNC3)c[nH]c2c1. The fraction of sp³-hybridized carbons (Fsp3) is 0.467. The number of benzene rings is 1. The van der Waals surface area contributed by atoms with E-state index in [0.29, 0.717) is 0 Å². The van der Waals surface area contributed by atoms with E-state index in [4.69, 9.17) is 0 Å². The van der Waals surface area contributed by atoms with Crippen LogP contribution in [0.2, 0.25) is 0 Å². The van der Waals surface area contributed by atoms with Gasteiger partial charge in [0.1, 0.15) is 0 Å². The van der Waals surface area contributed by atoms with Crippen molar-refractivity contribution in [2.45, 2.75) is 25.7 Å². The number of hydrogen-bond donors (Lipinski definition) is 2. The maximum absolute atomic E-state index is 3.49. The Labute approximate surface area is 102 Å². The highest BCUT2D eigenvalue weighted by atomic mass is 14.9. The highest BCUT2D eigenvalue weighted by Crippen LogP contribution is 2.22. The van der Waals surface area contributed by atoms with Gasteiger partial charge in [0.25, 0.3) is 0 Å². The predicted molar refractivity (Wildman–Crippen MR) is 72.2 cm³/mol. The lowest BCUT2D eigenvalue weighted by Crippen LogP contribution is -2.29. The lowest BCUT2D eigenvalue weighted by Gasteiger charge is -2.22. The molecule has 2 nitrogen and oxygen atoms in total. The summed E-state index contributed by atoms with van der Waals surface area (Å²) >= 11 is 0. The number of aromatic amines is 1. The Bertz CT molecular complexity index is 480. The molecule has 17 heavy (non-hydrogen) atoms. The average Bonchev–Trinajstić information content (AvgIpc) is 2.81. The lowest BCUT2D eigenvalue weighted by molar-refractivity contribution is 0.358. The van der Waals surface area contributed by atoms with Crippen LogP contribution in [0.1, 0.15) is 24.8 Å². The summed E-state index contributed by atoms with van der Waals surface area (Å²) in [5.74, 6) is 0.873. The van der Waals surface area contributed by atoms with Crippen LogP contribution in [-0.4, -0.2) is 18.1 Å². The van der Waals surface area contributed by atoms with Crippen LogP contribution in [0.5, 0.6) is 0 Å². The molecule has 3 rings (SSSR count). The molecule has 1 atom stereocenters. The fourth-order valence-corrected chi connectivity index (χ4v) is 2.87. The van der Waals surface area contributed by atoms with Crippen LogP contribution < -0.4 is 5.32 Å². The number of nitrogens with one attached hydrogen (secondary N) is 2. The first-order valence-electron chi connectivity index (χ1n) is 6.69. The Hall–Kier alpha value is -1.28. The molecule has 1 aromatic heterocycles. The summed E-state index contributed by atoms with van der Waals surface area (Å²) in [5, 5.41) is 4.89. The number of rotatable bonds is 3. The standard InChI is InChI=1S/C15H20N2/c1-2-6-15-14(5-1)13(11-17-15)8-7-12-4-3-9-16-10-12/h1-2,5-6,11-12,16-17H,3-4,7-10H2/t12-/m1/s1. The van der Waals surface area contributed by atoms with E-state index in [1.165, 1.54) is 55.2 Å². The number of piperidine rings is 1. The molecule has 0 spiro atoms. The Morgan fingerprint density at radius 2 is 2.18 bits per heavy atom. The summed E-state index contributed by atoms with van der Waals surface area (Å²) in [7, 11) is 0. The molecule has 2 heteroatoms. The van der Waals surface area contributed by atoms with E-state index in [-0.39, 0.29) is 0 Å². The first-order valence-corrected chi connectivity index (χ1v) is 6.69. The second-order valence-electron chi connectivity index (χ2n) is 5.11. The summed E-state index contributed by atoms with van der Waals surface area (Å²) in [6.07, 6.45) is 7.44. The molecule has 2 heterocycles. The highest BCUT2D eigenvalue weighted by molar-refractivity contribution is 5.82. The number of fused-ring (bicyclic) bond motifs is 1. The van der Waals surface area contributed by atoms with Crippen LogP contribution in [0.4, 0.5) is 0 Å².